The van der Waals surface area contributed by atoms with E-state index in [1.807, 2.05) is 6.20 Å². The molecular formula is C10H13NO. The van der Waals surface area contributed by atoms with Gasteiger partial charge in [0.2, 0.25) is 0 Å². The molecule has 0 spiro atoms. The quantitative estimate of drug-likeness (QED) is 0.662. The average molecular weight is 163 g/mol. The van der Waals surface area contributed by atoms with Crippen molar-refractivity contribution in [1.29, 1.82) is 0 Å². The molecule has 2 nitrogen and oxygen atoms in total. The number of ether oxygens (including phenoxy) is 1. The van der Waals surface area contributed by atoms with Crippen molar-refractivity contribution in [2.45, 2.75) is 19.3 Å². The van der Waals surface area contributed by atoms with Crippen LogP contribution in [0.2, 0.25) is 0 Å². The highest BCUT2D eigenvalue weighted by molar-refractivity contribution is 5.17. The lowest BCUT2D eigenvalue weighted by Crippen LogP contribution is -2.25. The minimum atomic E-state index is 0.552. The van der Waals surface area contributed by atoms with Crippen molar-refractivity contribution in [1.82, 2.24) is 4.98 Å². The van der Waals surface area contributed by atoms with Crippen molar-refractivity contribution >= 4 is 0 Å². The molecule has 1 saturated heterocycles. The van der Waals surface area contributed by atoms with Crippen molar-refractivity contribution < 1.29 is 4.74 Å². The summed E-state index contributed by atoms with van der Waals surface area (Å²) in [5.41, 5.74) is 2.48. The molecule has 1 fully saturated rings. The molecule has 0 saturated carbocycles. The van der Waals surface area contributed by atoms with Crippen LogP contribution in [0, 0.1) is 0 Å². The van der Waals surface area contributed by atoms with Crippen LogP contribution in [-0.2, 0) is 11.2 Å². The Morgan fingerprint density at radius 2 is 2.33 bits per heavy atom. The smallest absolute Gasteiger partial charge is 0.0572 e. The van der Waals surface area contributed by atoms with Crippen molar-refractivity contribution in [3.8, 4) is 0 Å². The molecule has 12 heavy (non-hydrogen) atoms. The van der Waals surface area contributed by atoms with E-state index in [9.17, 15) is 0 Å². The standard InChI is InChI=1S/C10H13NO/c1-2-8-3-4-10(11-5-8)9-6-12-7-9/h3-5,9H,2,6-7H2,1H3. The molecule has 2 heterocycles. The molecule has 64 valence electrons. The van der Waals surface area contributed by atoms with Crippen LogP contribution in [0.4, 0.5) is 0 Å². The Labute approximate surface area is 72.6 Å². The highest BCUT2D eigenvalue weighted by atomic mass is 16.5. The average Bonchev–Trinajstić information content (AvgIpc) is 2.03. The van der Waals surface area contributed by atoms with Crippen LogP contribution in [0.3, 0.4) is 0 Å². The fraction of sp³-hybridized carbons (Fsp3) is 0.500. The predicted molar refractivity (Wildman–Crippen MR) is 47.2 cm³/mol. The molecule has 0 amide bonds. The van der Waals surface area contributed by atoms with Crippen LogP contribution in [0.1, 0.15) is 24.1 Å². The van der Waals surface area contributed by atoms with Crippen LogP contribution in [0.15, 0.2) is 18.3 Å². The first kappa shape index (κ1) is 7.74. The minimum absolute atomic E-state index is 0.552. The summed E-state index contributed by atoms with van der Waals surface area (Å²) >= 11 is 0. The van der Waals surface area contributed by atoms with Crippen LogP contribution in [0.25, 0.3) is 0 Å². The van der Waals surface area contributed by atoms with Gasteiger partial charge in [-0.15, -0.1) is 0 Å². The lowest BCUT2D eigenvalue weighted by atomic mass is 10.0. The van der Waals surface area contributed by atoms with E-state index in [4.69, 9.17) is 4.74 Å². The lowest BCUT2D eigenvalue weighted by molar-refractivity contribution is 0.00670. The van der Waals surface area contributed by atoms with Gasteiger partial charge >= 0.3 is 0 Å². The number of aryl methyl sites for hydroxylation is 1. The van der Waals surface area contributed by atoms with Gasteiger partial charge in [-0.05, 0) is 18.1 Å². The first-order valence-electron chi connectivity index (χ1n) is 4.42. The molecule has 1 aliphatic heterocycles. The van der Waals surface area contributed by atoms with Gasteiger partial charge in [-0.3, -0.25) is 4.98 Å². The van der Waals surface area contributed by atoms with E-state index >= 15 is 0 Å². The van der Waals surface area contributed by atoms with Gasteiger partial charge in [0, 0.05) is 17.8 Å². The summed E-state index contributed by atoms with van der Waals surface area (Å²) in [7, 11) is 0. The second-order valence-corrected chi connectivity index (χ2v) is 3.18. The fourth-order valence-corrected chi connectivity index (χ4v) is 1.29. The molecule has 1 aromatic heterocycles. The summed E-state index contributed by atoms with van der Waals surface area (Å²) in [6, 6.07) is 4.27. The summed E-state index contributed by atoms with van der Waals surface area (Å²) in [6.45, 7) is 3.83. The van der Waals surface area contributed by atoms with Crippen LogP contribution in [-0.4, -0.2) is 18.2 Å². The zero-order valence-electron chi connectivity index (χ0n) is 7.29. The van der Waals surface area contributed by atoms with Gasteiger partial charge in [0.1, 0.15) is 0 Å². The van der Waals surface area contributed by atoms with Crippen molar-refractivity contribution in [2.24, 2.45) is 0 Å². The number of hydrogen-bond acceptors (Lipinski definition) is 2. The van der Waals surface area contributed by atoms with E-state index in [1.54, 1.807) is 0 Å². The molecule has 1 aliphatic rings. The molecule has 0 aliphatic carbocycles. The number of pyridine rings is 1. The summed E-state index contributed by atoms with van der Waals surface area (Å²) in [4.78, 5) is 4.39. The van der Waals surface area contributed by atoms with E-state index in [2.05, 4.69) is 24.0 Å². The number of hydrogen-bond donors (Lipinski definition) is 0. The van der Waals surface area contributed by atoms with Crippen molar-refractivity contribution in [3.05, 3.63) is 29.6 Å². The summed E-state index contributed by atoms with van der Waals surface area (Å²) < 4.78 is 5.11. The topological polar surface area (TPSA) is 22.1 Å². The molecule has 2 heteroatoms. The fourth-order valence-electron chi connectivity index (χ4n) is 1.29. The Balaban J connectivity index is 2.13. The normalized spacial score (nSPS) is 17.4. The molecular weight excluding hydrogens is 150 g/mol. The van der Waals surface area contributed by atoms with Gasteiger partial charge in [0.05, 0.1) is 13.2 Å². The number of aromatic nitrogens is 1. The minimum Gasteiger partial charge on any atom is -0.380 e. The van der Waals surface area contributed by atoms with Gasteiger partial charge in [0.25, 0.3) is 0 Å². The Hall–Kier alpha value is -0.890. The second kappa shape index (κ2) is 3.23. The molecule has 0 atom stereocenters. The maximum Gasteiger partial charge on any atom is 0.0572 e. The Morgan fingerprint density at radius 1 is 1.50 bits per heavy atom. The summed E-state index contributed by atoms with van der Waals surface area (Å²) in [5, 5.41) is 0. The third-order valence-electron chi connectivity index (χ3n) is 2.31. The Kier molecular flexibility index (Phi) is 2.09. The largest absolute Gasteiger partial charge is 0.380 e. The SMILES string of the molecule is CCc1ccc(C2COC2)nc1. The Morgan fingerprint density at radius 3 is 2.75 bits per heavy atom. The van der Waals surface area contributed by atoms with Crippen LogP contribution < -0.4 is 0 Å². The number of nitrogens with zero attached hydrogens (tertiary/aromatic N) is 1. The van der Waals surface area contributed by atoms with Crippen molar-refractivity contribution in [3.63, 3.8) is 0 Å². The highest BCUT2D eigenvalue weighted by Gasteiger charge is 2.21. The highest BCUT2D eigenvalue weighted by Crippen LogP contribution is 2.21. The third kappa shape index (κ3) is 1.34. The van der Waals surface area contributed by atoms with Gasteiger partial charge in [0.15, 0.2) is 0 Å². The second-order valence-electron chi connectivity index (χ2n) is 3.18. The molecule has 0 aromatic carbocycles. The zero-order chi connectivity index (χ0) is 8.39. The zero-order valence-corrected chi connectivity index (χ0v) is 7.29. The van der Waals surface area contributed by atoms with Crippen molar-refractivity contribution in [2.75, 3.05) is 13.2 Å². The van der Waals surface area contributed by atoms with Gasteiger partial charge in [-0.2, -0.15) is 0 Å². The van der Waals surface area contributed by atoms with Crippen LogP contribution >= 0.6 is 0 Å². The van der Waals surface area contributed by atoms with E-state index in [0.29, 0.717) is 5.92 Å². The van der Waals surface area contributed by atoms with E-state index < -0.39 is 0 Å². The first-order chi connectivity index (χ1) is 5.90. The van der Waals surface area contributed by atoms with E-state index in [0.717, 1.165) is 19.6 Å². The van der Waals surface area contributed by atoms with Crippen LogP contribution in [0.5, 0.6) is 0 Å². The molecule has 2 rings (SSSR count). The molecule has 1 aromatic rings. The molecule has 0 radical (unpaired) electrons. The summed E-state index contributed by atoms with van der Waals surface area (Å²) in [5.74, 6) is 0.552. The Bertz CT molecular complexity index is 251. The first-order valence-corrected chi connectivity index (χ1v) is 4.42. The summed E-state index contributed by atoms with van der Waals surface area (Å²) in [6.07, 6.45) is 3.03. The van der Waals surface area contributed by atoms with Gasteiger partial charge in [-0.25, -0.2) is 0 Å². The van der Waals surface area contributed by atoms with Gasteiger partial charge in [-0.1, -0.05) is 13.0 Å². The monoisotopic (exact) mass is 163 g/mol. The van der Waals surface area contributed by atoms with Gasteiger partial charge < -0.3 is 4.74 Å². The third-order valence-corrected chi connectivity index (χ3v) is 2.31. The molecule has 0 N–H and O–H groups in total. The molecule has 0 unspecified atom stereocenters. The van der Waals surface area contributed by atoms with E-state index in [-0.39, 0.29) is 0 Å². The maximum atomic E-state index is 5.11. The van der Waals surface area contributed by atoms with E-state index in [1.165, 1.54) is 11.3 Å². The molecule has 0 bridgehead atoms. The maximum absolute atomic E-state index is 5.11. The lowest BCUT2D eigenvalue weighted by Gasteiger charge is -2.25. The predicted octanol–water partition coefficient (Wildman–Crippen LogP) is 1.76. The number of rotatable bonds is 2.